The molecule has 0 spiro atoms. The van der Waals surface area contributed by atoms with Crippen LogP contribution in [0, 0.1) is 5.41 Å². The van der Waals surface area contributed by atoms with E-state index in [-0.39, 0.29) is 12.4 Å². The molecule has 0 bridgehead atoms. The molecule has 130 valence electrons. The first-order chi connectivity index (χ1) is 10.8. The molecule has 0 fully saturated rings. The second-order valence-electron chi connectivity index (χ2n) is 5.79. The molecular weight excluding hydrogens is 310 g/mol. The first-order valence-electron chi connectivity index (χ1n) is 8.60. The Morgan fingerprint density at radius 1 is 0.913 bits per heavy atom. The number of aromatic nitrogens is 2. The average molecular weight is 340 g/mol. The van der Waals surface area contributed by atoms with Crippen LogP contribution in [-0.2, 0) is 18.0 Å². The van der Waals surface area contributed by atoms with Gasteiger partial charge >= 0.3 is 0 Å². The summed E-state index contributed by atoms with van der Waals surface area (Å²) in [6.07, 6.45) is 7.64. The van der Waals surface area contributed by atoms with Gasteiger partial charge in [-0.25, -0.2) is 0 Å². The third kappa shape index (κ3) is 5.11. The number of imidazole rings is 1. The molecule has 0 radical (unpaired) electrons. The zero-order chi connectivity index (χ0) is 15.8. The average Bonchev–Trinajstić information content (AvgIpc) is 2.81. The minimum atomic E-state index is 0. The van der Waals surface area contributed by atoms with E-state index in [0.717, 1.165) is 30.6 Å². The summed E-state index contributed by atoms with van der Waals surface area (Å²) < 4.78 is 9.77. The highest BCUT2D eigenvalue weighted by Crippen LogP contribution is 2.12. The lowest BCUT2D eigenvalue weighted by Crippen LogP contribution is -2.25. The van der Waals surface area contributed by atoms with Crippen LogP contribution in [0.1, 0.15) is 52.4 Å². The summed E-state index contributed by atoms with van der Waals surface area (Å²) in [6.45, 7) is 6.38. The second-order valence-corrected chi connectivity index (χ2v) is 5.79. The predicted molar refractivity (Wildman–Crippen MR) is 98.0 cm³/mol. The molecule has 1 heterocycles. The SMILES string of the molecule is CCCCCCCCOCn1c(=N)n(CC)c2ccccc21.Cl. The Hall–Kier alpha value is -1.26. The van der Waals surface area contributed by atoms with Crippen molar-refractivity contribution in [2.45, 2.75) is 65.6 Å². The van der Waals surface area contributed by atoms with Crippen LogP contribution in [0.4, 0.5) is 0 Å². The van der Waals surface area contributed by atoms with Crippen LogP contribution < -0.4 is 5.62 Å². The summed E-state index contributed by atoms with van der Waals surface area (Å²) in [5.74, 6) is 0. The van der Waals surface area contributed by atoms with Gasteiger partial charge in [-0.3, -0.25) is 9.98 Å². The highest BCUT2D eigenvalue weighted by molar-refractivity contribution is 5.85. The minimum Gasteiger partial charge on any atom is -0.361 e. The number of hydrogen-bond donors (Lipinski definition) is 1. The number of para-hydroxylation sites is 2. The maximum atomic E-state index is 8.31. The number of hydrogen-bond acceptors (Lipinski definition) is 2. The van der Waals surface area contributed by atoms with Crippen molar-refractivity contribution in [2.75, 3.05) is 6.61 Å². The van der Waals surface area contributed by atoms with Crippen molar-refractivity contribution in [3.63, 3.8) is 0 Å². The van der Waals surface area contributed by atoms with Crippen LogP contribution >= 0.6 is 12.4 Å². The van der Waals surface area contributed by atoms with Crippen molar-refractivity contribution < 1.29 is 4.74 Å². The van der Waals surface area contributed by atoms with Gasteiger partial charge in [0, 0.05) is 13.2 Å². The third-order valence-electron chi connectivity index (χ3n) is 4.15. The summed E-state index contributed by atoms with van der Waals surface area (Å²) in [5, 5.41) is 8.31. The minimum absolute atomic E-state index is 0. The third-order valence-corrected chi connectivity index (χ3v) is 4.15. The molecule has 0 aliphatic rings. The number of fused-ring (bicyclic) bond motifs is 1. The van der Waals surface area contributed by atoms with E-state index in [0.29, 0.717) is 12.3 Å². The van der Waals surface area contributed by atoms with Gasteiger partial charge in [0.15, 0.2) is 0 Å². The highest BCUT2D eigenvalue weighted by Gasteiger charge is 2.08. The van der Waals surface area contributed by atoms with E-state index in [1.54, 1.807) is 0 Å². The molecule has 0 aliphatic carbocycles. The summed E-state index contributed by atoms with van der Waals surface area (Å²) in [7, 11) is 0. The first kappa shape index (κ1) is 19.8. The Kier molecular flexibility index (Phi) is 9.03. The van der Waals surface area contributed by atoms with E-state index < -0.39 is 0 Å². The van der Waals surface area contributed by atoms with Crippen LogP contribution in [0.15, 0.2) is 24.3 Å². The van der Waals surface area contributed by atoms with E-state index >= 15 is 0 Å². The molecule has 0 aliphatic heterocycles. The van der Waals surface area contributed by atoms with Crippen molar-refractivity contribution in [2.24, 2.45) is 0 Å². The standard InChI is InChI=1S/C18H29N3O.ClH/c1-3-5-6-7-8-11-14-22-15-21-17-13-10-9-12-16(17)20(4-2)18(21)19;/h9-10,12-13,19H,3-8,11,14-15H2,1-2H3;1H. The largest absolute Gasteiger partial charge is 0.361 e. The number of halogens is 1. The second kappa shape index (κ2) is 10.5. The van der Waals surface area contributed by atoms with Crippen LogP contribution in [0.2, 0.25) is 0 Å². The Morgan fingerprint density at radius 3 is 2.17 bits per heavy atom. The van der Waals surface area contributed by atoms with Gasteiger partial charge < -0.3 is 9.30 Å². The molecule has 4 nitrogen and oxygen atoms in total. The Labute approximate surface area is 145 Å². The Bertz CT molecular complexity index is 633. The predicted octanol–water partition coefficient (Wildman–Crippen LogP) is 4.70. The van der Waals surface area contributed by atoms with Gasteiger partial charge in [-0.2, -0.15) is 0 Å². The number of unbranched alkanes of at least 4 members (excludes halogenated alkanes) is 5. The van der Waals surface area contributed by atoms with Crippen LogP contribution in [-0.4, -0.2) is 15.7 Å². The number of benzene rings is 1. The van der Waals surface area contributed by atoms with Gasteiger partial charge in [0.25, 0.3) is 0 Å². The van der Waals surface area contributed by atoms with Crippen molar-refractivity contribution in [3.05, 3.63) is 29.9 Å². The molecule has 0 saturated heterocycles. The fraction of sp³-hybridized carbons (Fsp3) is 0.611. The number of ether oxygens (including phenoxy) is 1. The number of nitrogens with zero attached hydrogens (tertiary/aromatic N) is 2. The van der Waals surface area contributed by atoms with Crippen molar-refractivity contribution in [3.8, 4) is 0 Å². The molecule has 0 saturated carbocycles. The topological polar surface area (TPSA) is 42.9 Å². The zero-order valence-electron chi connectivity index (χ0n) is 14.4. The lowest BCUT2D eigenvalue weighted by atomic mass is 10.1. The normalized spacial score (nSPS) is 10.9. The number of rotatable bonds is 10. The van der Waals surface area contributed by atoms with E-state index in [4.69, 9.17) is 10.1 Å². The van der Waals surface area contributed by atoms with Crippen LogP contribution in [0.5, 0.6) is 0 Å². The summed E-state index contributed by atoms with van der Waals surface area (Å²) >= 11 is 0. The van der Waals surface area contributed by atoms with E-state index in [1.165, 1.54) is 32.1 Å². The maximum absolute atomic E-state index is 8.31. The molecular formula is C18H30ClN3O. The fourth-order valence-corrected chi connectivity index (χ4v) is 2.89. The smallest absolute Gasteiger partial charge is 0.204 e. The van der Waals surface area contributed by atoms with Gasteiger partial charge in [-0.05, 0) is 25.5 Å². The summed E-state index contributed by atoms with van der Waals surface area (Å²) in [4.78, 5) is 0. The first-order valence-corrected chi connectivity index (χ1v) is 8.60. The van der Waals surface area contributed by atoms with Crippen molar-refractivity contribution in [1.82, 2.24) is 9.13 Å². The molecule has 5 heteroatoms. The quantitative estimate of drug-likeness (QED) is 0.626. The van der Waals surface area contributed by atoms with Gasteiger partial charge in [0.1, 0.15) is 6.73 Å². The van der Waals surface area contributed by atoms with E-state index in [2.05, 4.69) is 26.0 Å². The van der Waals surface area contributed by atoms with Gasteiger partial charge in [0.05, 0.1) is 11.0 Å². The molecule has 2 rings (SSSR count). The van der Waals surface area contributed by atoms with Gasteiger partial charge in [-0.15, -0.1) is 12.4 Å². The van der Waals surface area contributed by atoms with Crippen molar-refractivity contribution >= 4 is 23.4 Å². The van der Waals surface area contributed by atoms with Crippen molar-refractivity contribution in [1.29, 1.82) is 5.41 Å². The molecule has 1 aromatic heterocycles. The monoisotopic (exact) mass is 339 g/mol. The van der Waals surface area contributed by atoms with E-state index in [9.17, 15) is 0 Å². The number of nitrogens with one attached hydrogen (secondary N) is 1. The molecule has 23 heavy (non-hydrogen) atoms. The fourth-order valence-electron chi connectivity index (χ4n) is 2.89. The Morgan fingerprint density at radius 2 is 1.52 bits per heavy atom. The highest BCUT2D eigenvalue weighted by atomic mass is 35.5. The molecule has 2 aromatic rings. The van der Waals surface area contributed by atoms with E-state index in [1.807, 2.05) is 21.3 Å². The van der Waals surface area contributed by atoms with Crippen LogP contribution in [0.25, 0.3) is 11.0 Å². The summed E-state index contributed by atoms with van der Waals surface area (Å²) in [6, 6.07) is 8.18. The van der Waals surface area contributed by atoms with Gasteiger partial charge in [0.2, 0.25) is 5.62 Å². The molecule has 1 N–H and O–H groups in total. The maximum Gasteiger partial charge on any atom is 0.204 e. The summed E-state index contributed by atoms with van der Waals surface area (Å²) in [5.41, 5.74) is 2.71. The van der Waals surface area contributed by atoms with Crippen LogP contribution in [0.3, 0.4) is 0 Å². The zero-order valence-corrected chi connectivity index (χ0v) is 15.2. The molecule has 0 atom stereocenters. The lowest BCUT2D eigenvalue weighted by molar-refractivity contribution is 0.0729. The van der Waals surface area contributed by atoms with Gasteiger partial charge in [-0.1, -0.05) is 51.2 Å². The molecule has 0 amide bonds. The lowest BCUT2D eigenvalue weighted by Gasteiger charge is -2.06. The Balaban J connectivity index is 0.00000264. The molecule has 0 unspecified atom stereocenters. The number of aryl methyl sites for hydroxylation is 1. The molecule has 1 aromatic carbocycles.